The van der Waals surface area contributed by atoms with E-state index < -0.39 is 6.10 Å². The van der Waals surface area contributed by atoms with Gasteiger partial charge in [-0.2, -0.15) is 0 Å². The van der Waals surface area contributed by atoms with Gasteiger partial charge in [0.2, 0.25) is 0 Å². The summed E-state index contributed by atoms with van der Waals surface area (Å²) in [5, 5.41) is 9.82. The highest BCUT2D eigenvalue weighted by atomic mass is 19.1. The zero-order valence-electron chi connectivity index (χ0n) is 12.1. The second kappa shape index (κ2) is 5.49. The van der Waals surface area contributed by atoms with Crippen LogP contribution in [0.3, 0.4) is 0 Å². The minimum Gasteiger partial charge on any atom is -0.389 e. The molecule has 3 heteroatoms. The number of nitrogens with zero attached hydrogens (tertiary/aromatic N) is 1. The van der Waals surface area contributed by atoms with Gasteiger partial charge in [0.15, 0.2) is 0 Å². The Morgan fingerprint density at radius 2 is 2.00 bits per heavy atom. The van der Waals surface area contributed by atoms with Crippen molar-refractivity contribution < 1.29 is 9.50 Å². The Bertz CT molecular complexity index is 436. The van der Waals surface area contributed by atoms with Crippen molar-refractivity contribution in [1.82, 2.24) is 0 Å². The van der Waals surface area contributed by atoms with E-state index in [0.717, 1.165) is 31.6 Å². The molecule has 1 atom stereocenters. The molecular formula is C16H24FNO. The van der Waals surface area contributed by atoms with Crippen molar-refractivity contribution in [2.24, 2.45) is 5.41 Å². The molecule has 1 aromatic carbocycles. The molecule has 0 aliphatic carbocycles. The Labute approximate surface area is 115 Å². The van der Waals surface area contributed by atoms with E-state index in [-0.39, 0.29) is 5.82 Å². The third-order valence-corrected chi connectivity index (χ3v) is 4.60. The first-order valence-electron chi connectivity index (χ1n) is 7.18. The average Bonchev–Trinajstić information content (AvgIpc) is 2.40. The molecule has 19 heavy (non-hydrogen) atoms. The lowest BCUT2D eigenvalue weighted by Crippen LogP contribution is -2.39. The first-order chi connectivity index (χ1) is 8.95. The summed E-state index contributed by atoms with van der Waals surface area (Å²) >= 11 is 0. The van der Waals surface area contributed by atoms with E-state index in [0.29, 0.717) is 11.0 Å². The first kappa shape index (κ1) is 14.3. The molecule has 1 saturated heterocycles. The van der Waals surface area contributed by atoms with Gasteiger partial charge in [-0.3, -0.25) is 0 Å². The van der Waals surface area contributed by atoms with Crippen molar-refractivity contribution in [1.29, 1.82) is 0 Å². The van der Waals surface area contributed by atoms with Crippen molar-refractivity contribution in [3.05, 3.63) is 29.6 Å². The summed E-state index contributed by atoms with van der Waals surface area (Å²) < 4.78 is 13.3. The summed E-state index contributed by atoms with van der Waals surface area (Å²) in [4.78, 5) is 2.28. The number of piperidine rings is 1. The van der Waals surface area contributed by atoms with E-state index in [2.05, 4.69) is 18.7 Å². The van der Waals surface area contributed by atoms with Crippen LogP contribution in [0.15, 0.2) is 18.2 Å². The molecule has 1 aliphatic rings. The standard InChI is InChI=1S/C16H24FNO/c1-4-16(3)7-9-18(10-8-16)15-6-5-13(17)11-14(15)12(2)19/h5-6,11-12,19H,4,7-10H2,1-3H3/t12-/m0/s1. The smallest absolute Gasteiger partial charge is 0.123 e. The van der Waals surface area contributed by atoms with Crippen LogP contribution in [-0.4, -0.2) is 18.2 Å². The lowest BCUT2D eigenvalue weighted by Gasteiger charge is -2.41. The monoisotopic (exact) mass is 265 g/mol. The minimum atomic E-state index is -0.634. The van der Waals surface area contributed by atoms with Gasteiger partial charge < -0.3 is 10.0 Å². The summed E-state index contributed by atoms with van der Waals surface area (Å²) in [5.74, 6) is -0.282. The minimum absolute atomic E-state index is 0.282. The van der Waals surface area contributed by atoms with Crippen LogP contribution in [0, 0.1) is 11.2 Å². The fourth-order valence-electron chi connectivity index (χ4n) is 2.79. The van der Waals surface area contributed by atoms with Gasteiger partial charge in [0.1, 0.15) is 5.82 Å². The number of hydrogen-bond acceptors (Lipinski definition) is 2. The summed E-state index contributed by atoms with van der Waals surface area (Å²) in [6, 6.07) is 4.73. The summed E-state index contributed by atoms with van der Waals surface area (Å²) in [6.07, 6.45) is 2.87. The second-order valence-electron chi connectivity index (χ2n) is 6.03. The fourth-order valence-corrected chi connectivity index (χ4v) is 2.79. The zero-order valence-corrected chi connectivity index (χ0v) is 12.1. The Morgan fingerprint density at radius 3 is 2.53 bits per heavy atom. The summed E-state index contributed by atoms with van der Waals surface area (Å²) in [6.45, 7) is 8.24. The number of benzene rings is 1. The van der Waals surface area contributed by atoms with Crippen LogP contribution >= 0.6 is 0 Å². The Kier molecular flexibility index (Phi) is 4.14. The van der Waals surface area contributed by atoms with E-state index in [1.165, 1.54) is 18.6 Å². The zero-order chi connectivity index (χ0) is 14.0. The van der Waals surface area contributed by atoms with Gasteiger partial charge in [-0.05, 0) is 43.4 Å². The average molecular weight is 265 g/mol. The van der Waals surface area contributed by atoms with Crippen molar-refractivity contribution in [3.8, 4) is 0 Å². The molecule has 2 nitrogen and oxygen atoms in total. The topological polar surface area (TPSA) is 23.5 Å². The molecule has 1 aliphatic heterocycles. The van der Waals surface area contributed by atoms with E-state index in [1.807, 2.05) is 0 Å². The Morgan fingerprint density at radius 1 is 1.37 bits per heavy atom. The van der Waals surface area contributed by atoms with Gasteiger partial charge >= 0.3 is 0 Å². The number of aliphatic hydroxyl groups is 1. The Hall–Kier alpha value is -1.09. The summed E-state index contributed by atoms with van der Waals surface area (Å²) in [5.41, 5.74) is 2.11. The molecule has 2 rings (SSSR count). The van der Waals surface area contributed by atoms with Gasteiger partial charge in [-0.25, -0.2) is 4.39 Å². The maximum atomic E-state index is 13.3. The number of halogens is 1. The van der Waals surface area contributed by atoms with E-state index in [1.54, 1.807) is 13.0 Å². The molecule has 106 valence electrons. The quantitative estimate of drug-likeness (QED) is 0.896. The third kappa shape index (κ3) is 3.08. The molecular weight excluding hydrogens is 241 g/mol. The number of aliphatic hydroxyl groups excluding tert-OH is 1. The van der Waals surface area contributed by atoms with Crippen LogP contribution in [0.25, 0.3) is 0 Å². The highest BCUT2D eigenvalue weighted by molar-refractivity contribution is 5.55. The molecule has 0 saturated carbocycles. The van der Waals surface area contributed by atoms with Gasteiger partial charge in [-0.15, -0.1) is 0 Å². The van der Waals surface area contributed by atoms with Crippen LogP contribution in [0.4, 0.5) is 10.1 Å². The second-order valence-corrected chi connectivity index (χ2v) is 6.03. The SMILES string of the molecule is CCC1(C)CCN(c2ccc(F)cc2[C@H](C)O)CC1. The van der Waals surface area contributed by atoms with Gasteiger partial charge in [-0.1, -0.05) is 20.3 Å². The molecule has 0 amide bonds. The predicted octanol–water partition coefficient (Wildman–Crippen LogP) is 3.90. The predicted molar refractivity (Wildman–Crippen MR) is 76.9 cm³/mol. The normalized spacial score (nSPS) is 20.4. The fraction of sp³-hybridized carbons (Fsp3) is 0.625. The number of anilines is 1. The van der Waals surface area contributed by atoms with E-state index >= 15 is 0 Å². The van der Waals surface area contributed by atoms with Crippen LogP contribution in [0.1, 0.15) is 51.7 Å². The van der Waals surface area contributed by atoms with Gasteiger partial charge in [0.25, 0.3) is 0 Å². The highest BCUT2D eigenvalue weighted by Crippen LogP contribution is 2.37. The lowest BCUT2D eigenvalue weighted by atomic mass is 9.78. The first-order valence-corrected chi connectivity index (χ1v) is 7.18. The molecule has 0 aromatic heterocycles. The number of rotatable bonds is 3. The number of hydrogen-bond donors (Lipinski definition) is 1. The molecule has 1 fully saturated rings. The molecule has 1 aromatic rings. The largest absolute Gasteiger partial charge is 0.389 e. The maximum Gasteiger partial charge on any atom is 0.123 e. The van der Waals surface area contributed by atoms with Crippen molar-refractivity contribution in [2.45, 2.75) is 46.1 Å². The molecule has 0 unspecified atom stereocenters. The summed E-state index contributed by atoms with van der Waals surface area (Å²) in [7, 11) is 0. The molecule has 0 spiro atoms. The van der Waals surface area contributed by atoms with Crippen molar-refractivity contribution >= 4 is 5.69 Å². The van der Waals surface area contributed by atoms with Crippen molar-refractivity contribution in [3.63, 3.8) is 0 Å². The van der Waals surface area contributed by atoms with Crippen LogP contribution in [0.2, 0.25) is 0 Å². The van der Waals surface area contributed by atoms with E-state index in [4.69, 9.17) is 0 Å². The molecule has 0 radical (unpaired) electrons. The third-order valence-electron chi connectivity index (χ3n) is 4.60. The highest BCUT2D eigenvalue weighted by Gasteiger charge is 2.29. The molecule has 1 heterocycles. The molecule has 0 bridgehead atoms. The van der Waals surface area contributed by atoms with Crippen molar-refractivity contribution in [2.75, 3.05) is 18.0 Å². The lowest BCUT2D eigenvalue weighted by molar-refractivity contribution is 0.198. The van der Waals surface area contributed by atoms with Crippen LogP contribution in [0.5, 0.6) is 0 Å². The Balaban J connectivity index is 2.20. The van der Waals surface area contributed by atoms with E-state index in [9.17, 15) is 9.50 Å². The van der Waals surface area contributed by atoms with Crippen LogP contribution in [-0.2, 0) is 0 Å². The van der Waals surface area contributed by atoms with Gasteiger partial charge in [0, 0.05) is 24.3 Å². The van der Waals surface area contributed by atoms with Crippen LogP contribution < -0.4 is 4.90 Å². The van der Waals surface area contributed by atoms with Gasteiger partial charge in [0.05, 0.1) is 6.10 Å². The molecule has 1 N–H and O–H groups in total. The maximum absolute atomic E-state index is 13.3.